The molecule has 0 aromatic rings. The van der Waals surface area contributed by atoms with Crippen molar-refractivity contribution >= 4 is 11.9 Å². The van der Waals surface area contributed by atoms with Gasteiger partial charge >= 0.3 is 11.9 Å². The molecule has 0 heterocycles. The van der Waals surface area contributed by atoms with Crippen LogP contribution in [0.3, 0.4) is 0 Å². The van der Waals surface area contributed by atoms with Crippen LogP contribution in [0.1, 0.15) is 92.4 Å². The maximum Gasteiger partial charge on any atom is 0.312 e. The number of hydrogen-bond donors (Lipinski definition) is 0. The molecule has 0 aliphatic heterocycles. The van der Waals surface area contributed by atoms with Gasteiger partial charge in [-0.05, 0) is 90.4 Å². The largest absolute Gasteiger partial charge is 0.462 e. The molecule has 4 heteroatoms. The zero-order valence-corrected chi connectivity index (χ0v) is 17.2. The van der Waals surface area contributed by atoms with Crippen LogP contribution in [0.15, 0.2) is 0 Å². The zero-order valence-electron chi connectivity index (χ0n) is 17.2. The van der Waals surface area contributed by atoms with Crippen molar-refractivity contribution in [1.82, 2.24) is 0 Å². The fourth-order valence-electron chi connectivity index (χ4n) is 5.23. The lowest BCUT2D eigenvalue weighted by atomic mass is 9.73. The number of fused-ring (bicyclic) bond motifs is 2. The molecule has 3 aliphatic rings. The zero-order chi connectivity index (χ0) is 19.2. The van der Waals surface area contributed by atoms with Gasteiger partial charge in [-0.1, -0.05) is 13.8 Å². The third-order valence-electron chi connectivity index (χ3n) is 7.85. The summed E-state index contributed by atoms with van der Waals surface area (Å²) in [6, 6.07) is 0. The Balaban J connectivity index is 1.62. The first-order valence-corrected chi connectivity index (χ1v) is 10.6. The first-order chi connectivity index (χ1) is 12.2. The van der Waals surface area contributed by atoms with Gasteiger partial charge in [0, 0.05) is 0 Å². The van der Waals surface area contributed by atoms with E-state index in [0.29, 0.717) is 5.92 Å². The molecule has 148 valence electrons. The summed E-state index contributed by atoms with van der Waals surface area (Å²) in [7, 11) is 0. The molecule has 3 saturated carbocycles. The highest BCUT2D eigenvalue weighted by atomic mass is 16.6. The first-order valence-electron chi connectivity index (χ1n) is 10.6. The Morgan fingerprint density at radius 2 is 1.77 bits per heavy atom. The Kier molecular flexibility index (Phi) is 5.18. The van der Waals surface area contributed by atoms with Crippen LogP contribution in [0, 0.1) is 22.7 Å². The van der Waals surface area contributed by atoms with E-state index in [-0.39, 0.29) is 29.6 Å². The van der Waals surface area contributed by atoms with E-state index in [1.807, 2.05) is 20.8 Å². The van der Waals surface area contributed by atoms with Crippen LogP contribution in [0.2, 0.25) is 0 Å². The molecule has 3 aliphatic carbocycles. The van der Waals surface area contributed by atoms with E-state index in [0.717, 1.165) is 57.8 Å². The fraction of sp³-hybridized carbons (Fsp3) is 0.909. The van der Waals surface area contributed by atoms with E-state index >= 15 is 0 Å². The number of ether oxygens (including phenoxy) is 2. The van der Waals surface area contributed by atoms with Crippen LogP contribution in [0.5, 0.6) is 0 Å². The lowest BCUT2D eigenvalue weighted by Crippen LogP contribution is -2.44. The molecular weight excluding hydrogens is 328 g/mol. The van der Waals surface area contributed by atoms with Gasteiger partial charge in [-0.2, -0.15) is 0 Å². The van der Waals surface area contributed by atoms with Crippen LogP contribution in [-0.4, -0.2) is 23.6 Å². The van der Waals surface area contributed by atoms with Gasteiger partial charge in [-0.25, -0.2) is 0 Å². The monoisotopic (exact) mass is 364 g/mol. The molecule has 4 atom stereocenters. The van der Waals surface area contributed by atoms with Crippen molar-refractivity contribution in [2.75, 3.05) is 0 Å². The van der Waals surface area contributed by atoms with Gasteiger partial charge < -0.3 is 9.47 Å². The van der Waals surface area contributed by atoms with Crippen molar-refractivity contribution in [2.45, 2.75) is 104 Å². The molecule has 0 radical (unpaired) electrons. The highest BCUT2D eigenvalue weighted by molar-refractivity contribution is 5.78. The van der Waals surface area contributed by atoms with Gasteiger partial charge in [0.2, 0.25) is 0 Å². The molecular formula is C22H36O4. The quantitative estimate of drug-likeness (QED) is 0.620. The Hall–Kier alpha value is -1.06. The number of rotatable bonds is 6. The minimum Gasteiger partial charge on any atom is -0.462 e. The lowest BCUT2D eigenvalue weighted by Gasteiger charge is -2.38. The van der Waals surface area contributed by atoms with Gasteiger partial charge in [-0.15, -0.1) is 0 Å². The molecule has 0 aromatic carbocycles. The molecule has 3 fully saturated rings. The molecule has 0 spiro atoms. The third-order valence-corrected chi connectivity index (χ3v) is 7.85. The van der Waals surface area contributed by atoms with Crippen molar-refractivity contribution in [3.8, 4) is 0 Å². The predicted octanol–water partition coefficient (Wildman–Crippen LogP) is 5.04. The van der Waals surface area contributed by atoms with Crippen molar-refractivity contribution < 1.29 is 19.1 Å². The average molecular weight is 365 g/mol. The highest BCUT2D eigenvalue weighted by Crippen LogP contribution is 2.58. The topological polar surface area (TPSA) is 52.6 Å². The van der Waals surface area contributed by atoms with Gasteiger partial charge in [-0.3, -0.25) is 9.59 Å². The third kappa shape index (κ3) is 3.29. The molecule has 4 nitrogen and oxygen atoms in total. The normalized spacial score (nSPS) is 35.5. The van der Waals surface area contributed by atoms with Crippen molar-refractivity contribution in [1.29, 1.82) is 0 Å². The summed E-state index contributed by atoms with van der Waals surface area (Å²) in [5, 5.41) is 0. The maximum absolute atomic E-state index is 13.1. The van der Waals surface area contributed by atoms with Gasteiger partial charge in [0.1, 0.15) is 11.7 Å². The summed E-state index contributed by atoms with van der Waals surface area (Å²) in [6.45, 7) is 10.1. The van der Waals surface area contributed by atoms with Gasteiger partial charge in [0.25, 0.3) is 0 Å². The second-order valence-electron chi connectivity index (χ2n) is 9.86. The van der Waals surface area contributed by atoms with E-state index in [1.165, 1.54) is 0 Å². The van der Waals surface area contributed by atoms with Crippen LogP contribution < -0.4 is 0 Å². The van der Waals surface area contributed by atoms with Crippen LogP contribution in [0.25, 0.3) is 0 Å². The van der Waals surface area contributed by atoms with E-state index in [1.54, 1.807) is 0 Å². The minimum atomic E-state index is -0.431. The number of esters is 2. The molecule has 4 unspecified atom stereocenters. The van der Waals surface area contributed by atoms with Crippen LogP contribution >= 0.6 is 0 Å². The smallest absolute Gasteiger partial charge is 0.312 e. The van der Waals surface area contributed by atoms with E-state index in [4.69, 9.17) is 9.47 Å². The Bertz CT molecular complexity index is 560. The summed E-state index contributed by atoms with van der Waals surface area (Å²) in [5.74, 6) is 0.471. The van der Waals surface area contributed by atoms with Crippen molar-refractivity contribution in [2.24, 2.45) is 22.7 Å². The molecule has 0 aromatic heterocycles. The Morgan fingerprint density at radius 1 is 1.12 bits per heavy atom. The molecule has 0 amide bonds. The van der Waals surface area contributed by atoms with Crippen molar-refractivity contribution in [3.63, 3.8) is 0 Å². The van der Waals surface area contributed by atoms with E-state index in [2.05, 4.69) is 13.8 Å². The molecule has 0 saturated heterocycles. The van der Waals surface area contributed by atoms with Gasteiger partial charge in [0.05, 0.1) is 10.8 Å². The number of carbonyl (C=O) groups is 2. The minimum absolute atomic E-state index is 0.00702. The summed E-state index contributed by atoms with van der Waals surface area (Å²) in [6.07, 6.45) is 8.58. The second-order valence-corrected chi connectivity index (χ2v) is 9.86. The summed E-state index contributed by atoms with van der Waals surface area (Å²) < 4.78 is 12.0. The molecule has 2 bridgehead atoms. The molecule has 26 heavy (non-hydrogen) atoms. The standard InChI is InChI=1S/C22H36O4/c1-6-20(3,4)18(23)25-17-13-16-12-15(17)14-21(16,5)19(24)26-22(7-2)10-8-9-11-22/h15-17H,6-14H2,1-5H3. The second kappa shape index (κ2) is 6.83. The summed E-state index contributed by atoms with van der Waals surface area (Å²) >= 11 is 0. The Labute approximate surface area is 158 Å². The van der Waals surface area contributed by atoms with Crippen LogP contribution in [0.4, 0.5) is 0 Å². The Morgan fingerprint density at radius 3 is 2.27 bits per heavy atom. The maximum atomic E-state index is 13.1. The summed E-state index contributed by atoms with van der Waals surface area (Å²) in [4.78, 5) is 25.5. The first kappa shape index (κ1) is 19.7. The fourth-order valence-corrected chi connectivity index (χ4v) is 5.23. The number of hydrogen-bond acceptors (Lipinski definition) is 4. The van der Waals surface area contributed by atoms with E-state index < -0.39 is 10.8 Å². The van der Waals surface area contributed by atoms with Crippen molar-refractivity contribution in [3.05, 3.63) is 0 Å². The number of carbonyl (C=O) groups excluding carboxylic acids is 2. The lowest BCUT2D eigenvalue weighted by molar-refractivity contribution is -0.178. The summed E-state index contributed by atoms with van der Waals surface area (Å²) in [5.41, 5.74) is -1.06. The SMILES string of the molecule is CCC1(OC(=O)C2(C)CC3CC2CC3OC(=O)C(C)(C)CC)CCCC1. The molecule has 3 rings (SSSR count). The average Bonchev–Trinajstić information content (AvgIpc) is 3.30. The van der Waals surface area contributed by atoms with Crippen LogP contribution in [-0.2, 0) is 19.1 Å². The van der Waals surface area contributed by atoms with E-state index in [9.17, 15) is 9.59 Å². The van der Waals surface area contributed by atoms with Gasteiger partial charge in [0.15, 0.2) is 0 Å². The predicted molar refractivity (Wildman–Crippen MR) is 100 cm³/mol. The molecule has 0 N–H and O–H groups in total. The highest BCUT2D eigenvalue weighted by Gasteiger charge is 2.59.